The lowest BCUT2D eigenvalue weighted by molar-refractivity contribution is -0.129. The van der Waals surface area contributed by atoms with Crippen LogP contribution in [0.15, 0.2) is 64.3 Å². The molecule has 9 heteroatoms. The van der Waals surface area contributed by atoms with E-state index in [2.05, 4.69) is 0 Å². The fraction of sp³-hybridized carbons (Fsp3) is 0.296. The summed E-state index contributed by atoms with van der Waals surface area (Å²) in [6, 6.07) is 12.4. The quantitative estimate of drug-likeness (QED) is 0.355. The Morgan fingerprint density at radius 2 is 1.83 bits per heavy atom. The maximum absolute atomic E-state index is 13.7. The van der Waals surface area contributed by atoms with Crippen LogP contribution in [0.25, 0.3) is 11.0 Å². The third kappa shape index (κ3) is 4.57. The Labute approximate surface area is 208 Å². The summed E-state index contributed by atoms with van der Waals surface area (Å²) in [4.78, 5) is 42.2. The molecule has 188 valence electrons. The monoisotopic (exact) mass is 492 g/mol. The summed E-state index contributed by atoms with van der Waals surface area (Å²) in [5.74, 6) is -1.90. The third-order valence-corrected chi connectivity index (χ3v) is 6.15. The van der Waals surface area contributed by atoms with Crippen LogP contribution in [0.3, 0.4) is 0 Å². The number of nitrogens with zero attached hydrogens (tertiary/aromatic N) is 2. The van der Waals surface area contributed by atoms with E-state index < -0.39 is 29.5 Å². The lowest BCUT2D eigenvalue weighted by Gasteiger charge is -2.27. The minimum atomic E-state index is -0.853. The van der Waals surface area contributed by atoms with E-state index >= 15 is 0 Å². The van der Waals surface area contributed by atoms with Crippen molar-refractivity contribution in [3.8, 4) is 5.75 Å². The number of benzene rings is 2. The molecule has 0 saturated heterocycles. The fourth-order valence-electron chi connectivity index (χ4n) is 4.38. The summed E-state index contributed by atoms with van der Waals surface area (Å²) in [5.41, 5.74) is 1.22. The molecule has 0 saturated carbocycles. The zero-order valence-corrected chi connectivity index (χ0v) is 20.6. The van der Waals surface area contributed by atoms with Crippen molar-refractivity contribution in [3.05, 3.63) is 76.8 Å². The molecule has 9 nitrogen and oxygen atoms in total. The zero-order valence-electron chi connectivity index (χ0n) is 20.6. The van der Waals surface area contributed by atoms with Gasteiger partial charge in [0, 0.05) is 11.9 Å². The number of ketones is 1. The van der Waals surface area contributed by atoms with Crippen LogP contribution in [-0.2, 0) is 9.53 Å². The number of amides is 1. The molecule has 3 aromatic rings. The number of esters is 1. The first-order valence-corrected chi connectivity index (χ1v) is 11.4. The van der Waals surface area contributed by atoms with Gasteiger partial charge in [-0.05, 0) is 56.9 Å². The second-order valence-electron chi connectivity index (χ2n) is 8.75. The van der Waals surface area contributed by atoms with Gasteiger partial charge in [-0.2, -0.15) is 0 Å². The van der Waals surface area contributed by atoms with Gasteiger partial charge < -0.3 is 28.8 Å². The van der Waals surface area contributed by atoms with Crippen LogP contribution in [0.2, 0.25) is 0 Å². The highest BCUT2D eigenvalue weighted by atomic mass is 16.5. The van der Waals surface area contributed by atoms with Gasteiger partial charge in [-0.25, -0.2) is 4.79 Å². The standard InChI is InChI=1S/C27H28N2O7/c1-28(2)13-6-14-29-22(16-9-11-17(12-10-16)27(33)35-4)21(24(31)26(29)32)23(30)20-15-18-7-5-8-19(34-3)25(18)36-20/h5,7-12,15,22,31H,6,13-14H2,1-4H3. The number of para-hydroxylation sites is 1. The number of ether oxygens (including phenoxy) is 2. The molecule has 2 aromatic carbocycles. The smallest absolute Gasteiger partial charge is 0.337 e. The van der Waals surface area contributed by atoms with Gasteiger partial charge in [-0.3, -0.25) is 9.59 Å². The van der Waals surface area contributed by atoms with Crippen molar-refractivity contribution in [2.75, 3.05) is 41.4 Å². The molecule has 0 fully saturated rings. The Hall–Kier alpha value is -4.11. The van der Waals surface area contributed by atoms with E-state index in [1.165, 1.54) is 19.1 Å². The molecule has 1 N–H and O–H groups in total. The SMILES string of the molecule is COC(=O)c1ccc(C2C(C(=O)c3cc4cccc(OC)c4o3)=C(O)C(=O)N2CCCN(C)C)cc1. The number of hydrogen-bond acceptors (Lipinski definition) is 8. The number of furan rings is 1. The summed E-state index contributed by atoms with van der Waals surface area (Å²) >= 11 is 0. The second kappa shape index (κ2) is 10.2. The lowest BCUT2D eigenvalue weighted by Crippen LogP contribution is -2.33. The Morgan fingerprint density at radius 3 is 2.47 bits per heavy atom. The van der Waals surface area contributed by atoms with Gasteiger partial charge in [0.05, 0.1) is 31.4 Å². The Balaban J connectivity index is 1.76. The van der Waals surface area contributed by atoms with E-state index in [1.54, 1.807) is 48.5 Å². The molecule has 1 unspecified atom stereocenters. The molecular formula is C27H28N2O7. The highest BCUT2D eigenvalue weighted by Crippen LogP contribution is 2.40. The van der Waals surface area contributed by atoms with Gasteiger partial charge in [0.15, 0.2) is 22.9 Å². The second-order valence-corrected chi connectivity index (χ2v) is 8.75. The van der Waals surface area contributed by atoms with E-state index in [-0.39, 0.29) is 11.3 Å². The van der Waals surface area contributed by atoms with Gasteiger partial charge >= 0.3 is 5.97 Å². The van der Waals surface area contributed by atoms with Crippen molar-refractivity contribution in [2.45, 2.75) is 12.5 Å². The molecule has 1 atom stereocenters. The summed E-state index contributed by atoms with van der Waals surface area (Å²) in [6.07, 6.45) is 0.631. The molecule has 36 heavy (non-hydrogen) atoms. The number of hydrogen-bond donors (Lipinski definition) is 1. The Kier molecular flexibility index (Phi) is 7.12. The topological polar surface area (TPSA) is 110 Å². The summed E-state index contributed by atoms with van der Waals surface area (Å²) in [7, 11) is 6.64. The lowest BCUT2D eigenvalue weighted by atomic mass is 9.94. The number of aliphatic hydroxyl groups excluding tert-OH is 1. The maximum Gasteiger partial charge on any atom is 0.337 e. The number of Topliss-reactive ketones (excluding diaryl/α,β-unsaturated/α-hetero) is 1. The van der Waals surface area contributed by atoms with Gasteiger partial charge in [0.25, 0.3) is 5.91 Å². The highest BCUT2D eigenvalue weighted by molar-refractivity contribution is 6.16. The average Bonchev–Trinajstić information content (AvgIpc) is 3.42. The molecular weight excluding hydrogens is 464 g/mol. The Morgan fingerprint density at radius 1 is 1.11 bits per heavy atom. The van der Waals surface area contributed by atoms with Crippen molar-refractivity contribution >= 4 is 28.6 Å². The third-order valence-electron chi connectivity index (χ3n) is 6.15. The van der Waals surface area contributed by atoms with E-state index in [4.69, 9.17) is 13.9 Å². The summed E-state index contributed by atoms with van der Waals surface area (Å²) in [6.45, 7) is 1.03. The van der Waals surface area contributed by atoms with Crippen LogP contribution in [-0.4, -0.2) is 74.0 Å². The number of aliphatic hydroxyl groups is 1. The average molecular weight is 493 g/mol. The van der Waals surface area contributed by atoms with Gasteiger partial charge in [-0.15, -0.1) is 0 Å². The molecule has 0 bridgehead atoms. The van der Waals surface area contributed by atoms with E-state index in [0.717, 1.165) is 0 Å². The number of carbonyl (C=O) groups excluding carboxylic acids is 3. The van der Waals surface area contributed by atoms with Crippen molar-refractivity contribution in [1.82, 2.24) is 9.80 Å². The molecule has 0 spiro atoms. The maximum atomic E-state index is 13.7. The minimum absolute atomic E-state index is 0.0184. The van der Waals surface area contributed by atoms with Crippen molar-refractivity contribution in [2.24, 2.45) is 0 Å². The Bertz CT molecular complexity index is 1340. The number of carbonyl (C=O) groups is 3. The fourth-order valence-corrected chi connectivity index (χ4v) is 4.38. The molecule has 0 aliphatic carbocycles. The van der Waals surface area contributed by atoms with Crippen LogP contribution in [0.4, 0.5) is 0 Å². The number of rotatable bonds is 9. The highest BCUT2D eigenvalue weighted by Gasteiger charge is 2.44. The molecule has 1 aliphatic heterocycles. The van der Waals surface area contributed by atoms with Gasteiger partial charge in [0.1, 0.15) is 0 Å². The first-order valence-electron chi connectivity index (χ1n) is 11.4. The molecule has 2 heterocycles. The number of methoxy groups -OCH3 is 2. The van der Waals surface area contributed by atoms with Gasteiger partial charge in [-0.1, -0.05) is 24.3 Å². The molecule has 0 radical (unpaired) electrons. The molecule has 4 rings (SSSR count). The van der Waals surface area contributed by atoms with Crippen LogP contribution in [0.5, 0.6) is 5.75 Å². The van der Waals surface area contributed by atoms with Crippen LogP contribution >= 0.6 is 0 Å². The normalized spacial score (nSPS) is 15.8. The molecule has 1 aromatic heterocycles. The summed E-state index contributed by atoms with van der Waals surface area (Å²) in [5, 5.41) is 11.5. The number of fused-ring (bicyclic) bond motifs is 1. The first kappa shape index (κ1) is 25.0. The van der Waals surface area contributed by atoms with E-state index in [9.17, 15) is 19.5 Å². The predicted octanol–water partition coefficient (Wildman–Crippen LogP) is 3.76. The minimum Gasteiger partial charge on any atom is -0.503 e. The van der Waals surface area contributed by atoms with Crippen molar-refractivity contribution in [1.29, 1.82) is 0 Å². The predicted molar refractivity (Wildman–Crippen MR) is 132 cm³/mol. The van der Waals surface area contributed by atoms with Crippen molar-refractivity contribution in [3.63, 3.8) is 0 Å². The van der Waals surface area contributed by atoms with E-state index in [0.29, 0.717) is 47.4 Å². The largest absolute Gasteiger partial charge is 0.503 e. The van der Waals surface area contributed by atoms with Crippen LogP contribution in [0, 0.1) is 0 Å². The molecule has 1 aliphatic rings. The summed E-state index contributed by atoms with van der Waals surface area (Å²) < 4.78 is 15.9. The van der Waals surface area contributed by atoms with Crippen LogP contribution in [0.1, 0.15) is 38.9 Å². The van der Waals surface area contributed by atoms with Gasteiger partial charge in [0.2, 0.25) is 5.78 Å². The van der Waals surface area contributed by atoms with E-state index in [1.807, 2.05) is 19.0 Å². The molecule has 1 amide bonds. The zero-order chi connectivity index (χ0) is 26.0. The van der Waals surface area contributed by atoms with Crippen molar-refractivity contribution < 1.29 is 33.4 Å². The first-order chi connectivity index (χ1) is 17.3. The van der Waals surface area contributed by atoms with Crippen LogP contribution < -0.4 is 4.74 Å².